The number of ether oxygens (including phenoxy) is 1. The fraction of sp³-hybridized carbons (Fsp3) is 0.0417. The number of pyridine rings is 1. The summed E-state index contributed by atoms with van der Waals surface area (Å²) in [7, 11) is 0. The number of halogens is 1. The van der Waals surface area contributed by atoms with Crippen LogP contribution in [-0.4, -0.2) is 16.8 Å². The van der Waals surface area contributed by atoms with Crippen LogP contribution in [0.3, 0.4) is 0 Å². The number of amides is 2. The third-order valence-electron chi connectivity index (χ3n) is 4.65. The Morgan fingerprint density at radius 1 is 1.03 bits per heavy atom. The largest absolute Gasteiger partial charge is 0.487 e. The summed E-state index contributed by atoms with van der Waals surface area (Å²) in [6.45, 7) is -0.116. The van der Waals surface area contributed by atoms with Crippen LogP contribution in [-0.2, 0) is 6.61 Å². The van der Waals surface area contributed by atoms with Crippen LogP contribution in [0.4, 0.5) is 10.1 Å². The zero-order valence-electron chi connectivity index (χ0n) is 16.7. The SMILES string of the molecule is NC(=O)c1cncc(OCc2cc(NC(=O)c3ccc(-c4cccs4)cc3)ccc2F)c1. The molecule has 0 aliphatic rings. The normalized spacial score (nSPS) is 10.5. The first-order valence-corrected chi connectivity index (χ1v) is 10.5. The second kappa shape index (κ2) is 9.40. The van der Waals surface area contributed by atoms with E-state index in [-0.39, 0.29) is 29.4 Å². The molecule has 0 aliphatic heterocycles. The van der Waals surface area contributed by atoms with Crippen LogP contribution in [0.15, 0.2) is 78.4 Å². The fourth-order valence-electron chi connectivity index (χ4n) is 2.99. The maximum atomic E-state index is 14.2. The van der Waals surface area contributed by atoms with E-state index < -0.39 is 11.7 Å². The predicted molar refractivity (Wildman–Crippen MR) is 121 cm³/mol. The van der Waals surface area contributed by atoms with E-state index in [0.717, 1.165) is 10.4 Å². The lowest BCUT2D eigenvalue weighted by Crippen LogP contribution is -2.12. The Morgan fingerprint density at radius 3 is 2.56 bits per heavy atom. The first kappa shape index (κ1) is 21.2. The summed E-state index contributed by atoms with van der Waals surface area (Å²) in [5.41, 5.74) is 7.61. The second-order valence-corrected chi connectivity index (χ2v) is 7.82. The van der Waals surface area contributed by atoms with Crippen molar-refractivity contribution in [2.75, 3.05) is 5.32 Å². The minimum atomic E-state index is -0.637. The average molecular weight is 447 g/mol. The summed E-state index contributed by atoms with van der Waals surface area (Å²) < 4.78 is 19.8. The summed E-state index contributed by atoms with van der Waals surface area (Å²) in [5.74, 6) is -1.15. The number of hydrogen-bond acceptors (Lipinski definition) is 5. The number of aromatic nitrogens is 1. The van der Waals surface area contributed by atoms with Crippen LogP contribution in [0.2, 0.25) is 0 Å². The topological polar surface area (TPSA) is 94.3 Å². The van der Waals surface area contributed by atoms with Crippen molar-refractivity contribution in [1.29, 1.82) is 0 Å². The van der Waals surface area contributed by atoms with Gasteiger partial charge in [-0.3, -0.25) is 14.6 Å². The van der Waals surface area contributed by atoms with Gasteiger partial charge in [0.25, 0.3) is 5.91 Å². The zero-order valence-corrected chi connectivity index (χ0v) is 17.6. The van der Waals surface area contributed by atoms with Crippen molar-refractivity contribution in [2.45, 2.75) is 6.61 Å². The summed E-state index contributed by atoms with van der Waals surface area (Å²) in [6, 6.07) is 16.9. The third kappa shape index (κ3) is 4.98. The van der Waals surface area contributed by atoms with Crippen molar-refractivity contribution in [3.05, 3.63) is 101 Å². The molecule has 4 aromatic rings. The molecule has 0 spiro atoms. The van der Waals surface area contributed by atoms with E-state index in [4.69, 9.17) is 10.5 Å². The maximum absolute atomic E-state index is 14.2. The Morgan fingerprint density at radius 2 is 1.84 bits per heavy atom. The van der Waals surface area contributed by atoms with Crippen molar-refractivity contribution < 1.29 is 18.7 Å². The van der Waals surface area contributed by atoms with E-state index in [9.17, 15) is 14.0 Å². The van der Waals surface area contributed by atoms with E-state index >= 15 is 0 Å². The Labute approximate surface area is 187 Å². The molecule has 0 fully saturated rings. The molecule has 3 N–H and O–H groups in total. The molecular formula is C24H18FN3O3S. The maximum Gasteiger partial charge on any atom is 0.255 e. The molecule has 0 bridgehead atoms. The van der Waals surface area contributed by atoms with Gasteiger partial charge in [-0.05, 0) is 53.4 Å². The van der Waals surface area contributed by atoms with Gasteiger partial charge >= 0.3 is 0 Å². The highest BCUT2D eigenvalue weighted by atomic mass is 32.1. The Hall–Kier alpha value is -4.04. The zero-order chi connectivity index (χ0) is 22.5. The summed E-state index contributed by atoms with van der Waals surface area (Å²) >= 11 is 1.63. The number of nitrogens with zero attached hydrogens (tertiary/aromatic N) is 1. The molecule has 0 saturated carbocycles. The van der Waals surface area contributed by atoms with Gasteiger partial charge in [-0.25, -0.2) is 4.39 Å². The molecule has 0 atom stereocenters. The van der Waals surface area contributed by atoms with Gasteiger partial charge in [-0.2, -0.15) is 0 Å². The molecule has 0 radical (unpaired) electrons. The first-order chi connectivity index (χ1) is 15.5. The molecule has 160 valence electrons. The minimum Gasteiger partial charge on any atom is -0.487 e. The van der Waals surface area contributed by atoms with Gasteiger partial charge in [0.1, 0.15) is 18.2 Å². The molecule has 8 heteroatoms. The summed E-state index contributed by atoms with van der Waals surface area (Å²) in [4.78, 5) is 28.9. The average Bonchev–Trinajstić information content (AvgIpc) is 3.35. The molecule has 32 heavy (non-hydrogen) atoms. The van der Waals surface area contributed by atoms with Crippen LogP contribution in [0.25, 0.3) is 10.4 Å². The van der Waals surface area contributed by atoms with Crippen LogP contribution < -0.4 is 15.8 Å². The number of hydrogen-bond donors (Lipinski definition) is 2. The number of anilines is 1. The standard InChI is InChI=1S/C24H18FN3O3S/c25-21-8-7-19(10-18(21)14-31-20-11-17(23(26)29)12-27-13-20)28-24(30)16-5-3-15(4-6-16)22-2-1-9-32-22/h1-13H,14H2,(H2,26,29)(H,28,30). The molecule has 0 aliphatic carbocycles. The molecule has 2 amide bonds. The highest BCUT2D eigenvalue weighted by Crippen LogP contribution is 2.25. The molecule has 0 unspecified atom stereocenters. The summed E-state index contributed by atoms with van der Waals surface area (Å²) in [6.07, 6.45) is 2.72. The fourth-order valence-corrected chi connectivity index (χ4v) is 3.72. The molecule has 2 aromatic heterocycles. The lowest BCUT2D eigenvalue weighted by atomic mass is 10.1. The Balaban J connectivity index is 1.43. The number of rotatable bonds is 7. The number of nitrogens with one attached hydrogen (secondary N) is 1. The number of primary amides is 1. The smallest absolute Gasteiger partial charge is 0.255 e. The van der Waals surface area contributed by atoms with Gasteiger partial charge in [-0.1, -0.05) is 18.2 Å². The van der Waals surface area contributed by atoms with Crippen LogP contribution >= 0.6 is 11.3 Å². The van der Waals surface area contributed by atoms with Gasteiger partial charge in [0.05, 0.1) is 11.8 Å². The van der Waals surface area contributed by atoms with E-state index in [1.54, 1.807) is 23.5 Å². The van der Waals surface area contributed by atoms with Crippen LogP contribution in [0.1, 0.15) is 26.3 Å². The number of nitrogens with two attached hydrogens (primary N) is 1. The molecule has 4 rings (SSSR count). The molecule has 6 nitrogen and oxygen atoms in total. The van der Waals surface area contributed by atoms with Crippen molar-refractivity contribution in [3.63, 3.8) is 0 Å². The van der Waals surface area contributed by atoms with E-state index in [2.05, 4.69) is 10.3 Å². The number of benzene rings is 2. The summed E-state index contributed by atoms with van der Waals surface area (Å²) in [5, 5.41) is 4.77. The number of carbonyl (C=O) groups excluding carboxylic acids is 2. The lowest BCUT2D eigenvalue weighted by Gasteiger charge is -2.11. The first-order valence-electron chi connectivity index (χ1n) is 9.61. The quantitative estimate of drug-likeness (QED) is 0.422. The number of carbonyl (C=O) groups is 2. The molecular weight excluding hydrogens is 429 g/mol. The highest BCUT2D eigenvalue weighted by Gasteiger charge is 2.11. The van der Waals surface area contributed by atoms with Gasteiger partial charge in [0.2, 0.25) is 5.91 Å². The second-order valence-electron chi connectivity index (χ2n) is 6.88. The van der Waals surface area contributed by atoms with Crippen molar-refractivity contribution in [2.24, 2.45) is 5.73 Å². The van der Waals surface area contributed by atoms with E-state index in [1.807, 2.05) is 29.6 Å². The van der Waals surface area contributed by atoms with Gasteiger partial charge < -0.3 is 15.8 Å². The highest BCUT2D eigenvalue weighted by molar-refractivity contribution is 7.13. The van der Waals surface area contributed by atoms with Crippen molar-refractivity contribution in [3.8, 4) is 16.2 Å². The van der Waals surface area contributed by atoms with Crippen LogP contribution in [0.5, 0.6) is 5.75 Å². The molecule has 2 aromatic carbocycles. The molecule has 2 heterocycles. The number of thiophene rings is 1. The third-order valence-corrected chi connectivity index (χ3v) is 5.57. The van der Waals surface area contributed by atoms with E-state index in [1.165, 1.54) is 36.7 Å². The molecule has 0 saturated heterocycles. The van der Waals surface area contributed by atoms with Gasteiger partial charge in [-0.15, -0.1) is 11.3 Å². The Kier molecular flexibility index (Phi) is 6.23. The van der Waals surface area contributed by atoms with E-state index in [0.29, 0.717) is 11.3 Å². The lowest BCUT2D eigenvalue weighted by molar-refractivity contribution is 0.0997. The minimum absolute atomic E-state index is 0.116. The Bertz CT molecular complexity index is 1260. The monoisotopic (exact) mass is 447 g/mol. The van der Waals surface area contributed by atoms with Crippen molar-refractivity contribution >= 4 is 28.8 Å². The van der Waals surface area contributed by atoms with Gasteiger partial charge in [0, 0.05) is 27.9 Å². The van der Waals surface area contributed by atoms with Crippen LogP contribution in [0, 0.1) is 5.82 Å². The van der Waals surface area contributed by atoms with Crippen molar-refractivity contribution in [1.82, 2.24) is 4.98 Å². The van der Waals surface area contributed by atoms with Gasteiger partial charge in [0.15, 0.2) is 0 Å². The predicted octanol–water partition coefficient (Wildman–Crippen LogP) is 4.88.